The van der Waals surface area contributed by atoms with Crippen LogP contribution in [0.4, 0.5) is 13.2 Å². The van der Waals surface area contributed by atoms with Crippen molar-refractivity contribution in [3.05, 3.63) is 0 Å². The molecule has 1 heterocycles. The van der Waals surface area contributed by atoms with E-state index >= 15 is 0 Å². The van der Waals surface area contributed by atoms with Gasteiger partial charge >= 0.3 is 6.18 Å². The number of nitrogens with one attached hydrogen (secondary N) is 1. The second-order valence-corrected chi connectivity index (χ2v) is 4.70. The quantitative estimate of drug-likeness (QED) is 0.729. The number of rotatable bonds is 6. The van der Waals surface area contributed by atoms with Crippen LogP contribution in [-0.4, -0.2) is 56.0 Å². The third-order valence-electron chi connectivity index (χ3n) is 2.90. The molecular weight excluding hydrogens is 233 g/mol. The molecule has 1 rings (SSSR count). The van der Waals surface area contributed by atoms with Gasteiger partial charge in [-0.1, -0.05) is 0 Å². The van der Waals surface area contributed by atoms with Crippen molar-refractivity contribution < 1.29 is 17.9 Å². The van der Waals surface area contributed by atoms with E-state index in [4.69, 9.17) is 0 Å². The van der Waals surface area contributed by atoms with Gasteiger partial charge in [0.05, 0.1) is 6.61 Å². The van der Waals surface area contributed by atoms with Crippen molar-refractivity contribution in [3.8, 4) is 0 Å². The summed E-state index contributed by atoms with van der Waals surface area (Å²) in [6, 6.07) is 0.912. The van der Waals surface area contributed by atoms with E-state index in [1.165, 1.54) is 0 Å². The number of nitrogens with zero attached hydrogens (tertiary/aromatic N) is 1. The van der Waals surface area contributed by atoms with Crippen LogP contribution >= 0.6 is 0 Å². The maximum atomic E-state index is 11.8. The van der Waals surface area contributed by atoms with Gasteiger partial charge in [0, 0.05) is 25.2 Å². The van der Waals surface area contributed by atoms with Gasteiger partial charge in [-0.2, -0.15) is 13.2 Å². The first kappa shape index (κ1) is 14.7. The normalized spacial score (nSPS) is 22.6. The highest BCUT2D eigenvalue weighted by Crippen LogP contribution is 2.14. The summed E-state index contributed by atoms with van der Waals surface area (Å²) >= 11 is 0. The van der Waals surface area contributed by atoms with Gasteiger partial charge in [0.1, 0.15) is 6.61 Å². The standard InChI is InChI=1S/C11H21F3N2O/c1-9(2)16-5-3-10(7-16)15-4-6-17-8-11(12,13)14/h9-10,15H,3-8H2,1-2H3. The molecule has 1 N–H and O–H groups in total. The Hall–Kier alpha value is -0.330. The average molecular weight is 254 g/mol. The molecular formula is C11H21F3N2O. The second-order valence-electron chi connectivity index (χ2n) is 4.70. The number of hydrogen-bond donors (Lipinski definition) is 1. The van der Waals surface area contributed by atoms with Crippen molar-refractivity contribution in [1.29, 1.82) is 0 Å². The summed E-state index contributed by atoms with van der Waals surface area (Å²) in [6.07, 6.45) is -3.17. The van der Waals surface area contributed by atoms with Crippen LogP contribution in [0.5, 0.6) is 0 Å². The van der Waals surface area contributed by atoms with Gasteiger partial charge in [0.2, 0.25) is 0 Å². The minimum Gasteiger partial charge on any atom is -0.371 e. The van der Waals surface area contributed by atoms with E-state index in [-0.39, 0.29) is 6.61 Å². The van der Waals surface area contributed by atoms with Crippen LogP contribution < -0.4 is 5.32 Å². The number of likely N-dealkylation sites (tertiary alicyclic amines) is 1. The minimum absolute atomic E-state index is 0.109. The molecule has 0 aromatic rings. The van der Waals surface area contributed by atoms with E-state index in [1.807, 2.05) is 0 Å². The Morgan fingerprint density at radius 3 is 2.65 bits per heavy atom. The molecule has 3 nitrogen and oxygen atoms in total. The monoisotopic (exact) mass is 254 g/mol. The fourth-order valence-corrected chi connectivity index (χ4v) is 1.95. The van der Waals surface area contributed by atoms with Gasteiger partial charge in [0.25, 0.3) is 0 Å². The van der Waals surface area contributed by atoms with Gasteiger partial charge in [-0.25, -0.2) is 0 Å². The molecule has 1 aliphatic heterocycles. The van der Waals surface area contributed by atoms with E-state index in [2.05, 4.69) is 28.8 Å². The summed E-state index contributed by atoms with van der Waals surface area (Å²) in [5.41, 5.74) is 0. The van der Waals surface area contributed by atoms with E-state index < -0.39 is 12.8 Å². The molecule has 1 saturated heterocycles. The molecule has 0 aromatic carbocycles. The van der Waals surface area contributed by atoms with Crippen LogP contribution in [-0.2, 0) is 4.74 Å². The molecule has 0 saturated carbocycles. The Morgan fingerprint density at radius 2 is 2.12 bits per heavy atom. The maximum Gasteiger partial charge on any atom is 0.411 e. The van der Waals surface area contributed by atoms with Crippen molar-refractivity contribution in [2.24, 2.45) is 0 Å². The number of halogens is 3. The highest BCUT2D eigenvalue weighted by atomic mass is 19.4. The molecule has 0 amide bonds. The molecule has 0 radical (unpaired) electrons. The summed E-state index contributed by atoms with van der Waals surface area (Å²) in [5, 5.41) is 3.22. The molecule has 1 unspecified atom stereocenters. The Kier molecular flexibility index (Phi) is 5.69. The summed E-state index contributed by atoms with van der Waals surface area (Å²) in [5.74, 6) is 0. The summed E-state index contributed by atoms with van der Waals surface area (Å²) < 4.78 is 39.8. The van der Waals surface area contributed by atoms with E-state index in [0.29, 0.717) is 18.6 Å². The lowest BCUT2D eigenvalue weighted by Gasteiger charge is -2.20. The molecule has 1 aliphatic rings. The van der Waals surface area contributed by atoms with Crippen molar-refractivity contribution in [1.82, 2.24) is 10.2 Å². The molecule has 6 heteroatoms. The van der Waals surface area contributed by atoms with Crippen LogP contribution in [0.3, 0.4) is 0 Å². The number of alkyl halides is 3. The van der Waals surface area contributed by atoms with Gasteiger partial charge in [-0.05, 0) is 26.8 Å². The summed E-state index contributed by atoms with van der Waals surface area (Å²) in [7, 11) is 0. The molecule has 102 valence electrons. The van der Waals surface area contributed by atoms with Crippen molar-refractivity contribution in [2.75, 3.05) is 32.8 Å². The number of ether oxygens (including phenoxy) is 1. The largest absolute Gasteiger partial charge is 0.411 e. The molecule has 0 aromatic heterocycles. The van der Waals surface area contributed by atoms with Gasteiger partial charge < -0.3 is 10.1 Å². The predicted octanol–water partition coefficient (Wildman–Crippen LogP) is 1.64. The lowest BCUT2D eigenvalue weighted by molar-refractivity contribution is -0.173. The van der Waals surface area contributed by atoms with Crippen LogP contribution in [0.15, 0.2) is 0 Å². The highest BCUT2D eigenvalue weighted by Gasteiger charge is 2.27. The van der Waals surface area contributed by atoms with E-state index in [0.717, 1.165) is 19.5 Å². The molecule has 0 aliphatic carbocycles. The number of hydrogen-bond acceptors (Lipinski definition) is 3. The first-order chi connectivity index (χ1) is 7.88. The molecule has 17 heavy (non-hydrogen) atoms. The van der Waals surface area contributed by atoms with Crippen molar-refractivity contribution >= 4 is 0 Å². The van der Waals surface area contributed by atoms with Crippen LogP contribution in [0, 0.1) is 0 Å². The Labute approximate surface area is 100 Å². The van der Waals surface area contributed by atoms with Crippen LogP contribution in [0.25, 0.3) is 0 Å². The molecule has 1 atom stereocenters. The summed E-state index contributed by atoms with van der Waals surface area (Å²) in [6.45, 7) is 5.75. The topological polar surface area (TPSA) is 24.5 Å². The average Bonchev–Trinajstić information content (AvgIpc) is 2.64. The van der Waals surface area contributed by atoms with Gasteiger partial charge in [-0.3, -0.25) is 4.90 Å². The fourth-order valence-electron chi connectivity index (χ4n) is 1.95. The van der Waals surface area contributed by atoms with Gasteiger partial charge in [0.15, 0.2) is 0 Å². The smallest absolute Gasteiger partial charge is 0.371 e. The van der Waals surface area contributed by atoms with Crippen LogP contribution in [0.2, 0.25) is 0 Å². The lowest BCUT2D eigenvalue weighted by Crippen LogP contribution is -2.36. The van der Waals surface area contributed by atoms with E-state index in [9.17, 15) is 13.2 Å². The predicted molar refractivity (Wildman–Crippen MR) is 60.0 cm³/mol. The third kappa shape index (κ3) is 6.24. The zero-order valence-corrected chi connectivity index (χ0v) is 10.4. The Balaban J connectivity index is 2.01. The van der Waals surface area contributed by atoms with Gasteiger partial charge in [-0.15, -0.1) is 0 Å². The highest BCUT2D eigenvalue weighted by molar-refractivity contribution is 4.82. The zero-order chi connectivity index (χ0) is 12.9. The molecule has 0 spiro atoms. The SMILES string of the molecule is CC(C)N1CCC(NCCOCC(F)(F)F)C1. The zero-order valence-electron chi connectivity index (χ0n) is 10.4. The minimum atomic E-state index is -4.22. The Morgan fingerprint density at radius 1 is 1.41 bits per heavy atom. The Bertz CT molecular complexity index is 221. The first-order valence-corrected chi connectivity index (χ1v) is 6.00. The second kappa shape index (κ2) is 6.56. The summed E-state index contributed by atoms with van der Waals surface area (Å²) in [4.78, 5) is 2.36. The van der Waals surface area contributed by atoms with Crippen molar-refractivity contribution in [2.45, 2.75) is 38.5 Å². The lowest BCUT2D eigenvalue weighted by atomic mass is 10.2. The van der Waals surface area contributed by atoms with Crippen molar-refractivity contribution in [3.63, 3.8) is 0 Å². The fraction of sp³-hybridized carbons (Fsp3) is 1.00. The maximum absolute atomic E-state index is 11.8. The first-order valence-electron chi connectivity index (χ1n) is 6.00. The van der Waals surface area contributed by atoms with Crippen LogP contribution in [0.1, 0.15) is 20.3 Å². The molecule has 0 bridgehead atoms. The third-order valence-corrected chi connectivity index (χ3v) is 2.90. The molecule has 1 fully saturated rings. The van der Waals surface area contributed by atoms with E-state index in [1.54, 1.807) is 0 Å².